The molecule has 0 atom stereocenters. The molecule has 0 aliphatic heterocycles. The largest absolute Gasteiger partial charge is 0.265 e. The Morgan fingerprint density at radius 2 is 1.24 bits per heavy atom. The molecule has 0 saturated carbocycles. The third kappa shape index (κ3) is 8.14. The maximum atomic E-state index is 3.89. The molecule has 0 amide bonds. The van der Waals surface area contributed by atoms with Crippen LogP contribution in [0.2, 0.25) is 0 Å². The molecular formula is C15H22N2. The zero-order valence-corrected chi connectivity index (χ0v) is 11.2. The minimum Gasteiger partial charge on any atom is -0.265 e. The summed E-state index contributed by atoms with van der Waals surface area (Å²) < 4.78 is 0. The zero-order valence-electron chi connectivity index (χ0n) is 11.2. The summed E-state index contributed by atoms with van der Waals surface area (Å²) in [7, 11) is 0. The number of hydrogen-bond acceptors (Lipinski definition) is 2. The van der Waals surface area contributed by atoms with E-state index in [-0.39, 0.29) is 0 Å². The molecule has 2 aromatic rings. The summed E-state index contributed by atoms with van der Waals surface area (Å²) in [5, 5.41) is 0. The fraction of sp³-hybridized carbons (Fsp3) is 0.333. The molecule has 2 heterocycles. The van der Waals surface area contributed by atoms with Gasteiger partial charge in [-0.2, -0.15) is 0 Å². The zero-order chi connectivity index (χ0) is 12.9. The average molecular weight is 230 g/mol. The van der Waals surface area contributed by atoms with Gasteiger partial charge in [-0.3, -0.25) is 9.97 Å². The number of nitrogens with zero attached hydrogens (tertiary/aromatic N) is 2. The van der Waals surface area contributed by atoms with Crippen LogP contribution in [-0.2, 0) is 6.42 Å². The predicted octanol–water partition coefficient (Wildman–Crippen LogP) is 4.06. The first-order valence-electron chi connectivity index (χ1n) is 6.08. The lowest BCUT2D eigenvalue weighted by atomic mass is 10.2. The Morgan fingerprint density at radius 3 is 1.47 bits per heavy atom. The van der Waals surface area contributed by atoms with Crippen LogP contribution in [0, 0.1) is 6.92 Å². The Kier molecular flexibility index (Phi) is 9.73. The predicted molar refractivity (Wildman–Crippen MR) is 73.9 cm³/mol. The Hall–Kier alpha value is -1.70. The monoisotopic (exact) mass is 230 g/mol. The van der Waals surface area contributed by atoms with E-state index in [0.717, 1.165) is 6.42 Å². The molecule has 2 aromatic heterocycles. The molecule has 0 spiro atoms. The summed E-state index contributed by atoms with van der Waals surface area (Å²) in [4.78, 5) is 7.74. The van der Waals surface area contributed by atoms with Crippen molar-refractivity contribution in [2.75, 3.05) is 0 Å². The molecular weight excluding hydrogens is 208 g/mol. The van der Waals surface area contributed by atoms with Gasteiger partial charge in [0.05, 0.1) is 0 Å². The van der Waals surface area contributed by atoms with Crippen LogP contribution in [0.5, 0.6) is 0 Å². The number of hydrogen-bond donors (Lipinski definition) is 0. The number of rotatable bonds is 1. The lowest BCUT2D eigenvalue weighted by molar-refractivity contribution is 1.12. The molecule has 0 radical (unpaired) electrons. The molecule has 0 bridgehead atoms. The normalized spacial score (nSPS) is 8.24. The Labute approximate surface area is 105 Å². The molecule has 0 aliphatic rings. The molecule has 0 unspecified atom stereocenters. The summed E-state index contributed by atoms with van der Waals surface area (Å²) in [6.07, 6.45) is 8.31. The molecule has 0 aliphatic carbocycles. The van der Waals surface area contributed by atoms with Crippen molar-refractivity contribution >= 4 is 0 Å². The number of pyridine rings is 2. The average Bonchev–Trinajstić information content (AvgIpc) is 2.43. The van der Waals surface area contributed by atoms with Gasteiger partial charge in [0, 0.05) is 24.8 Å². The lowest BCUT2D eigenvalue weighted by Crippen LogP contribution is -1.76. The summed E-state index contributed by atoms with van der Waals surface area (Å²) >= 11 is 0. The molecule has 0 saturated heterocycles. The molecule has 0 fully saturated rings. The fourth-order valence-corrected chi connectivity index (χ4v) is 1.04. The first kappa shape index (κ1) is 15.3. The van der Waals surface area contributed by atoms with Gasteiger partial charge in [0.2, 0.25) is 0 Å². The molecule has 0 N–H and O–H groups in total. The Bertz CT molecular complexity index is 357. The standard InChI is InChI=1S/C7H9N.C6H7N.C2H6/c1-2-7-3-5-8-6-4-7;1-6-2-4-7-5-3-6;1-2/h3-6H,2H2,1H3;2-5H,1H3;1-2H3. The summed E-state index contributed by atoms with van der Waals surface area (Å²) in [6.45, 7) is 8.18. The molecule has 0 aromatic carbocycles. The van der Waals surface area contributed by atoms with Crippen molar-refractivity contribution in [3.63, 3.8) is 0 Å². The Balaban J connectivity index is 0.000000265. The van der Waals surface area contributed by atoms with Crippen LogP contribution in [0.25, 0.3) is 0 Å². The van der Waals surface area contributed by atoms with Crippen molar-refractivity contribution in [2.45, 2.75) is 34.1 Å². The van der Waals surface area contributed by atoms with E-state index in [9.17, 15) is 0 Å². The van der Waals surface area contributed by atoms with Crippen LogP contribution in [0.4, 0.5) is 0 Å². The molecule has 17 heavy (non-hydrogen) atoms. The third-order valence-electron chi connectivity index (χ3n) is 2.00. The molecule has 92 valence electrons. The van der Waals surface area contributed by atoms with Gasteiger partial charge in [0.1, 0.15) is 0 Å². The van der Waals surface area contributed by atoms with Gasteiger partial charge in [0.25, 0.3) is 0 Å². The van der Waals surface area contributed by atoms with E-state index < -0.39 is 0 Å². The lowest BCUT2D eigenvalue weighted by Gasteiger charge is -1.89. The summed E-state index contributed by atoms with van der Waals surface area (Å²) in [5.41, 5.74) is 2.61. The van der Waals surface area contributed by atoms with Crippen molar-refractivity contribution in [1.29, 1.82) is 0 Å². The molecule has 2 nitrogen and oxygen atoms in total. The SMILES string of the molecule is CC.CCc1ccncc1.Cc1ccncc1. The van der Waals surface area contributed by atoms with E-state index in [1.807, 2.05) is 57.4 Å². The van der Waals surface area contributed by atoms with Crippen LogP contribution >= 0.6 is 0 Å². The highest BCUT2D eigenvalue weighted by Gasteiger charge is 1.80. The third-order valence-corrected chi connectivity index (χ3v) is 2.00. The van der Waals surface area contributed by atoms with Crippen LogP contribution in [0.1, 0.15) is 31.9 Å². The second-order valence-electron chi connectivity index (χ2n) is 3.23. The van der Waals surface area contributed by atoms with Crippen LogP contribution < -0.4 is 0 Å². The summed E-state index contributed by atoms with van der Waals surface area (Å²) in [6, 6.07) is 8.00. The van der Waals surface area contributed by atoms with E-state index in [4.69, 9.17) is 0 Å². The summed E-state index contributed by atoms with van der Waals surface area (Å²) in [5.74, 6) is 0. The van der Waals surface area contributed by atoms with Crippen LogP contribution in [0.3, 0.4) is 0 Å². The Morgan fingerprint density at radius 1 is 0.824 bits per heavy atom. The van der Waals surface area contributed by atoms with Crippen LogP contribution in [0.15, 0.2) is 49.1 Å². The van der Waals surface area contributed by atoms with Gasteiger partial charge in [-0.15, -0.1) is 0 Å². The highest BCUT2D eigenvalue weighted by molar-refractivity contribution is 5.08. The highest BCUT2D eigenvalue weighted by Crippen LogP contribution is 1.94. The van der Waals surface area contributed by atoms with Gasteiger partial charge >= 0.3 is 0 Å². The smallest absolute Gasteiger partial charge is 0.0270 e. The fourth-order valence-electron chi connectivity index (χ4n) is 1.04. The van der Waals surface area contributed by atoms with Gasteiger partial charge in [0.15, 0.2) is 0 Å². The van der Waals surface area contributed by atoms with Crippen LogP contribution in [-0.4, -0.2) is 9.97 Å². The van der Waals surface area contributed by atoms with Crippen molar-refractivity contribution in [1.82, 2.24) is 9.97 Å². The van der Waals surface area contributed by atoms with E-state index in [1.165, 1.54) is 11.1 Å². The molecule has 2 rings (SSSR count). The van der Waals surface area contributed by atoms with E-state index in [0.29, 0.717) is 0 Å². The van der Waals surface area contributed by atoms with Crippen molar-refractivity contribution < 1.29 is 0 Å². The topological polar surface area (TPSA) is 25.8 Å². The molecule has 2 heteroatoms. The van der Waals surface area contributed by atoms with Gasteiger partial charge in [-0.1, -0.05) is 20.8 Å². The van der Waals surface area contributed by atoms with Gasteiger partial charge in [-0.25, -0.2) is 0 Å². The van der Waals surface area contributed by atoms with E-state index in [1.54, 1.807) is 12.4 Å². The highest BCUT2D eigenvalue weighted by atomic mass is 14.6. The van der Waals surface area contributed by atoms with Gasteiger partial charge in [-0.05, 0) is 48.7 Å². The van der Waals surface area contributed by atoms with Gasteiger partial charge < -0.3 is 0 Å². The second-order valence-corrected chi connectivity index (χ2v) is 3.23. The van der Waals surface area contributed by atoms with E-state index in [2.05, 4.69) is 16.9 Å². The van der Waals surface area contributed by atoms with Crippen molar-refractivity contribution in [3.8, 4) is 0 Å². The quantitative estimate of drug-likeness (QED) is 0.738. The minimum absolute atomic E-state index is 1.10. The first-order valence-corrected chi connectivity index (χ1v) is 6.08. The maximum absolute atomic E-state index is 3.89. The first-order chi connectivity index (χ1) is 8.33. The minimum atomic E-state index is 1.10. The maximum Gasteiger partial charge on any atom is 0.0270 e. The number of aromatic nitrogens is 2. The van der Waals surface area contributed by atoms with Crippen molar-refractivity contribution in [3.05, 3.63) is 60.2 Å². The number of aryl methyl sites for hydroxylation is 2. The van der Waals surface area contributed by atoms with Crippen molar-refractivity contribution in [2.24, 2.45) is 0 Å². The second kappa shape index (κ2) is 10.8. The van der Waals surface area contributed by atoms with E-state index >= 15 is 0 Å².